The summed E-state index contributed by atoms with van der Waals surface area (Å²) in [6.45, 7) is 4.91. The van der Waals surface area contributed by atoms with Gasteiger partial charge in [-0.2, -0.15) is 0 Å². The van der Waals surface area contributed by atoms with Gasteiger partial charge in [0.25, 0.3) is 5.92 Å². The van der Waals surface area contributed by atoms with E-state index in [-0.39, 0.29) is 19.3 Å². The van der Waals surface area contributed by atoms with Crippen molar-refractivity contribution in [2.45, 2.75) is 64.0 Å². The molecule has 0 aliphatic heterocycles. The van der Waals surface area contributed by atoms with E-state index in [4.69, 9.17) is 9.84 Å². The molecule has 7 heteroatoms. The van der Waals surface area contributed by atoms with Crippen molar-refractivity contribution in [3.05, 3.63) is 0 Å². The quantitative estimate of drug-likeness (QED) is 0.768. The first-order valence-corrected chi connectivity index (χ1v) is 6.61. The fourth-order valence-corrected chi connectivity index (χ4v) is 2.14. The van der Waals surface area contributed by atoms with Crippen LogP contribution in [0, 0.1) is 5.92 Å². The lowest BCUT2D eigenvalue weighted by Crippen LogP contribution is -2.48. The summed E-state index contributed by atoms with van der Waals surface area (Å²) in [5.74, 6) is -4.98. The van der Waals surface area contributed by atoms with Crippen molar-refractivity contribution in [1.82, 2.24) is 5.32 Å². The molecule has 0 spiro atoms. The van der Waals surface area contributed by atoms with E-state index in [9.17, 15) is 18.4 Å². The fraction of sp³-hybridized carbons (Fsp3) is 0.846. The molecule has 1 saturated carbocycles. The molecule has 0 aromatic heterocycles. The molecule has 0 heterocycles. The number of carbonyl (C=O) groups excluding carboxylic acids is 1. The third-order valence-electron chi connectivity index (χ3n) is 3.18. The second-order valence-corrected chi connectivity index (χ2v) is 6.11. The Balaban J connectivity index is 2.68. The van der Waals surface area contributed by atoms with Gasteiger partial charge in [0.15, 0.2) is 0 Å². The van der Waals surface area contributed by atoms with Gasteiger partial charge in [0.1, 0.15) is 5.60 Å². The summed E-state index contributed by atoms with van der Waals surface area (Å²) in [6, 6.07) is -1.39. The van der Waals surface area contributed by atoms with Gasteiger partial charge in [-0.3, -0.25) is 4.79 Å². The highest BCUT2D eigenvalue weighted by Gasteiger charge is 2.44. The summed E-state index contributed by atoms with van der Waals surface area (Å²) < 4.78 is 32.7. The van der Waals surface area contributed by atoms with Crippen LogP contribution in [0.4, 0.5) is 13.6 Å². The van der Waals surface area contributed by atoms with Crippen molar-refractivity contribution >= 4 is 12.1 Å². The highest BCUT2D eigenvalue weighted by molar-refractivity contribution is 5.70. The first-order valence-electron chi connectivity index (χ1n) is 6.61. The molecule has 0 saturated heterocycles. The molecule has 0 bridgehead atoms. The molecule has 116 valence electrons. The second kappa shape index (κ2) is 5.93. The van der Waals surface area contributed by atoms with Crippen LogP contribution in [0.3, 0.4) is 0 Å². The van der Waals surface area contributed by atoms with Crippen LogP contribution in [0.1, 0.15) is 46.5 Å². The van der Waals surface area contributed by atoms with Gasteiger partial charge in [0, 0.05) is 6.42 Å². The number of alkyl halides is 2. The number of carbonyl (C=O) groups is 2. The van der Waals surface area contributed by atoms with Crippen molar-refractivity contribution in [2.75, 3.05) is 0 Å². The Kier molecular flexibility index (Phi) is 4.94. The Morgan fingerprint density at radius 1 is 1.25 bits per heavy atom. The summed E-state index contributed by atoms with van der Waals surface area (Å²) in [5, 5.41) is 11.1. The van der Waals surface area contributed by atoms with Gasteiger partial charge in [-0.25, -0.2) is 13.6 Å². The zero-order valence-corrected chi connectivity index (χ0v) is 11.9. The van der Waals surface area contributed by atoms with Crippen LogP contribution in [-0.2, 0) is 9.53 Å². The molecule has 1 rings (SSSR count). The Morgan fingerprint density at radius 3 is 2.35 bits per heavy atom. The molecular weight excluding hydrogens is 272 g/mol. The lowest BCUT2D eigenvalue weighted by Gasteiger charge is -2.27. The molecule has 1 aliphatic rings. The second-order valence-electron chi connectivity index (χ2n) is 6.11. The van der Waals surface area contributed by atoms with Crippen LogP contribution in [0.2, 0.25) is 0 Å². The molecule has 0 radical (unpaired) electrons. The van der Waals surface area contributed by atoms with Crippen LogP contribution >= 0.6 is 0 Å². The fourth-order valence-electron chi connectivity index (χ4n) is 2.14. The predicted molar refractivity (Wildman–Crippen MR) is 67.7 cm³/mol. The summed E-state index contributed by atoms with van der Waals surface area (Å²) >= 11 is 0. The molecule has 1 fully saturated rings. The monoisotopic (exact) mass is 293 g/mol. The van der Waals surface area contributed by atoms with Crippen LogP contribution in [0.25, 0.3) is 0 Å². The van der Waals surface area contributed by atoms with Crippen LogP contribution < -0.4 is 5.32 Å². The Morgan fingerprint density at radius 2 is 1.85 bits per heavy atom. The van der Waals surface area contributed by atoms with Crippen molar-refractivity contribution in [3.8, 4) is 0 Å². The van der Waals surface area contributed by atoms with Crippen molar-refractivity contribution in [3.63, 3.8) is 0 Å². The number of alkyl carbamates (subject to hydrolysis) is 1. The first kappa shape index (κ1) is 16.7. The summed E-state index contributed by atoms with van der Waals surface area (Å²) in [7, 11) is 0. The molecule has 2 N–H and O–H groups in total. The first-order chi connectivity index (χ1) is 9.01. The lowest BCUT2D eigenvalue weighted by molar-refractivity contribution is -0.142. The molecule has 1 amide bonds. The largest absolute Gasteiger partial charge is 0.481 e. The molecule has 1 aliphatic carbocycles. The van der Waals surface area contributed by atoms with E-state index in [0.29, 0.717) is 0 Å². The van der Waals surface area contributed by atoms with E-state index in [1.54, 1.807) is 20.8 Å². The average Bonchev–Trinajstić information content (AvgIpc) is 2.36. The van der Waals surface area contributed by atoms with Gasteiger partial charge in [0.2, 0.25) is 0 Å². The SMILES string of the molecule is CC(C)(C)OC(=O)N[C@@H]1CC[C@@H](C(=O)O)CCC1(F)F. The number of ether oxygens (including phenoxy) is 1. The van der Waals surface area contributed by atoms with E-state index in [2.05, 4.69) is 5.32 Å². The average molecular weight is 293 g/mol. The normalized spacial score (nSPS) is 26.4. The molecule has 0 unspecified atom stereocenters. The standard InChI is InChI=1S/C13H21F2NO4/c1-12(2,3)20-11(19)16-9-5-4-8(10(17)18)6-7-13(9,14)15/h8-9H,4-7H2,1-3H3,(H,16,19)(H,17,18)/t8-,9-/m1/s1. The summed E-state index contributed by atoms with van der Waals surface area (Å²) in [4.78, 5) is 22.4. The van der Waals surface area contributed by atoms with Gasteiger partial charge in [-0.15, -0.1) is 0 Å². The molecule has 0 aromatic rings. The topological polar surface area (TPSA) is 75.6 Å². The maximum absolute atomic E-state index is 13.9. The van der Waals surface area contributed by atoms with E-state index in [1.807, 2.05) is 0 Å². The third-order valence-corrected chi connectivity index (χ3v) is 3.18. The van der Waals surface area contributed by atoms with Gasteiger partial charge < -0.3 is 15.2 Å². The summed E-state index contributed by atoms with van der Waals surface area (Å²) in [6.07, 6.45) is -1.51. The van der Waals surface area contributed by atoms with Gasteiger partial charge >= 0.3 is 12.1 Å². The Bertz CT molecular complexity index is 379. The van der Waals surface area contributed by atoms with Crippen LogP contribution in [0.5, 0.6) is 0 Å². The zero-order valence-electron chi connectivity index (χ0n) is 11.9. The number of amides is 1. The zero-order chi connectivity index (χ0) is 15.6. The van der Waals surface area contributed by atoms with Crippen LogP contribution in [-0.4, -0.2) is 34.7 Å². The Labute approximate surface area is 116 Å². The minimum absolute atomic E-state index is 0.0801. The maximum atomic E-state index is 13.9. The van der Waals surface area contributed by atoms with Gasteiger partial charge in [-0.1, -0.05) is 0 Å². The number of aliphatic carboxylic acids is 1. The minimum Gasteiger partial charge on any atom is -0.481 e. The number of carboxylic acid groups (broad SMARTS) is 1. The highest BCUT2D eigenvalue weighted by Crippen LogP contribution is 2.35. The molecule has 0 aromatic carbocycles. The lowest BCUT2D eigenvalue weighted by atomic mass is 10.0. The summed E-state index contributed by atoms with van der Waals surface area (Å²) in [5.41, 5.74) is -0.770. The number of nitrogens with one attached hydrogen (secondary N) is 1. The molecule has 2 atom stereocenters. The number of hydrogen-bond donors (Lipinski definition) is 2. The van der Waals surface area contributed by atoms with E-state index in [1.165, 1.54) is 0 Å². The number of hydrogen-bond acceptors (Lipinski definition) is 3. The van der Waals surface area contributed by atoms with Crippen molar-refractivity contribution < 1.29 is 28.2 Å². The van der Waals surface area contributed by atoms with Gasteiger partial charge in [-0.05, 0) is 40.0 Å². The predicted octanol–water partition coefficient (Wildman–Crippen LogP) is 2.79. The molecule has 20 heavy (non-hydrogen) atoms. The highest BCUT2D eigenvalue weighted by atomic mass is 19.3. The maximum Gasteiger partial charge on any atom is 0.408 e. The Hall–Kier alpha value is -1.40. The van der Waals surface area contributed by atoms with Crippen molar-refractivity contribution in [1.29, 1.82) is 0 Å². The smallest absolute Gasteiger partial charge is 0.408 e. The molecular formula is C13H21F2NO4. The number of carboxylic acids is 1. The molecule has 5 nitrogen and oxygen atoms in total. The van der Waals surface area contributed by atoms with E-state index >= 15 is 0 Å². The van der Waals surface area contributed by atoms with Gasteiger partial charge in [0.05, 0.1) is 12.0 Å². The third kappa shape index (κ3) is 4.94. The minimum atomic E-state index is -3.12. The van der Waals surface area contributed by atoms with Crippen molar-refractivity contribution in [2.24, 2.45) is 5.92 Å². The van der Waals surface area contributed by atoms with Crippen LogP contribution in [0.15, 0.2) is 0 Å². The number of rotatable bonds is 2. The number of halogens is 2. The van der Waals surface area contributed by atoms with E-state index in [0.717, 1.165) is 0 Å². The van der Waals surface area contributed by atoms with E-state index < -0.39 is 42.0 Å².